The normalized spacial score (nSPS) is 16.7. The Morgan fingerprint density at radius 3 is 2.33 bits per heavy atom. The predicted molar refractivity (Wildman–Crippen MR) is 154 cm³/mol. The number of carbonyl (C=O) groups excluding carboxylic acids is 1. The van der Waals surface area contributed by atoms with Gasteiger partial charge in [0.05, 0.1) is 12.2 Å². The highest BCUT2D eigenvalue weighted by Crippen LogP contribution is 2.42. The molecule has 2 aromatic heterocycles. The van der Waals surface area contributed by atoms with Gasteiger partial charge in [-0.25, -0.2) is 19.0 Å². The van der Waals surface area contributed by atoms with Gasteiger partial charge < -0.3 is 5.11 Å². The van der Waals surface area contributed by atoms with Crippen molar-refractivity contribution in [2.75, 3.05) is 4.90 Å². The third kappa shape index (κ3) is 5.90. The number of aromatic nitrogens is 4. The Kier molecular flexibility index (Phi) is 7.89. The Labute approximate surface area is 247 Å². The molecule has 1 aliphatic carbocycles. The molecule has 1 N–H and O–H groups in total. The van der Waals surface area contributed by atoms with Crippen molar-refractivity contribution in [2.24, 2.45) is 0 Å². The number of anilines is 1. The van der Waals surface area contributed by atoms with Gasteiger partial charge >= 0.3 is 6.18 Å². The van der Waals surface area contributed by atoms with E-state index >= 15 is 4.39 Å². The summed E-state index contributed by atoms with van der Waals surface area (Å²) in [6.45, 7) is 9.04. The zero-order valence-corrected chi connectivity index (χ0v) is 24.6. The Morgan fingerprint density at radius 1 is 1.05 bits per heavy atom. The van der Waals surface area contributed by atoms with Gasteiger partial charge in [0.15, 0.2) is 11.5 Å². The number of hydrogen-bond donors (Lipinski definition) is 1. The van der Waals surface area contributed by atoms with Crippen LogP contribution in [0.1, 0.15) is 86.6 Å². The maximum atomic E-state index is 15.3. The average molecular weight is 596 g/mol. The Balaban J connectivity index is 1.55. The Bertz CT molecular complexity index is 1660. The molecule has 1 unspecified atom stereocenters. The molecule has 0 aliphatic heterocycles. The van der Waals surface area contributed by atoms with E-state index in [0.717, 1.165) is 11.6 Å². The smallest absolute Gasteiger partial charge is 0.357 e. The Hall–Kier alpha value is -4.12. The van der Waals surface area contributed by atoms with Crippen LogP contribution in [0.3, 0.4) is 0 Å². The van der Waals surface area contributed by atoms with E-state index in [4.69, 9.17) is 4.98 Å². The summed E-state index contributed by atoms with van der Waals surface area (Å²) in [5.74, 6) is -2.69. The molecular formula is C32H33F4N5O2. The number of amides is 1. The minimum Gasteiger partial charge on any atom is -0.357 e. The van der Waals surface area contributed by atoms with Crippen molar-refractivity contribution in [3.8, 4) is 17.1 Å². The van der Waals surface area contributed by atoms with E-state index in [0.29, 0.717) is 28.1 Å². The number of nitrogens with zero attached hydrogens (tertiary/aromatic N) is 5. The molecule has 0 bridgehead atoms. The molecular weight excluding hydrogens is 562 g/mol. The van der Waals surface area contributed by atoms with Gasteiger partial charge in [0.25, 0.3) is 5.85 Å². The van der Waals surface area contributed by atoms with E-state index in [1.54, 1.807) is 38.1 Å². The van der Waals surface area contributed by atoms with Crippen LogP contribution in [-0.4, -0.2) is 30.8 Å². The molecule has 4 aromatic rings. The molecule has 5 rings (SSSR count). The van der Waals surface area contributed by atoms with Crippen molar-refractivity contribution < 1.29 is 27.5 Å². The number of fused-ring (bicyclic) bond motifs is 1. The third-order valence-corrected chi connectivity index (χ3v) is 7.65. The van der Waals surface area contributed by atoms with Crippen molar-refractivity contribution in [3.05, 3.63) is 88.4 Å². The van der Waals surface area contributed by atoms with Crippen LogP contribution in [-0.2, 0) is 29.8 Å². The van der Waals surface area contributed by atoms with Crippen molar-refractivity contribution in [2.45, 2.75) is 77.9 Å². The number of hydrogen-bond acceptors (Lipinski definition) is 5. The largest absolute Gasteiger partial charge is 0.435 e. The van der Waals surface area contributed by atoms with Crippen LogP contribution in [0.15, 0.2) is 54.6 Å². The molecule has 2 heterocycles. The second-order valence-electron chi connectivity index (χ2n) is 11.5. The number of alkyl halides is 4. The van der Waals surface area contributed by atoms with E-state index in [1.165, 1.54) is 16.5 Å². The fraction of sp³-hybridized carbons (Fsp3) is 0.375. The van der Waals surface area contributed by atoms with Crippen LogP contribution in [0.25, 0.3) is 17.1 Å². The molecule has 1 amide bonds. The zero-order chi connectivity index (χ0) is 31.3. The molecule has 43 heavy (non-hydrogen) atoms. The molecule has 0 saturated heterocycles. The van der Waals surface area contributed by atoms with Gasteiger partial charge in [-0.05, 0) is 47.6 Å². The van der Waals surface area contributed by atoms with E-state index in [-0.39, 0.29) is 54.5 Å². The molecule has 1 atom stereocenters. The number of benzene rings is 2. The van der Waals surface area contributed by atoms with Crippen molar-refractivity contribution in [3.63, 3.8) is 0 Å². The summed E-state index contributed by atoms with van der Waals surface area (Å²) in [6.07, 6.45) is -4.64. The summed E-state index contributed by atoms with van der Waals surface area (Å²) < 4.78 is 56.7. The summed E-state index contributed by atoms with van der Waals surface area (Å²) in [6, 6.07) is 15.2. The second-order valence-corrected chi connectivity index (χ2v) is 11.5. The van der Waals surface area contributed by atoms with Crippen LogP contribution >= 0.6 is 0 Å². The SMILES string of the molecule is CC(=O)N(Cc1ccc(-n2nc(C(F)(F)F)cc2C(C)C)cc1)c1nc(-c2ccccc2C(C)C)nc2c1CCC2(O)F. The molecule has 0 saturated carbocycles. The molecule has 0 spiro atoms. The highest BCUT2D eigenvalue weighted by atomic mass is 19.4. The quantitative estimate of drug-likeness (QED) is 0.228. The summed E-state index contributed by atoms with van der Waals surface area (Å²) >= 11 is 0. The minimum atomic E-state index is -4.57. The lowest BCUT2D eigenvalue weighted by molar-refractivity contribution is -0.141. The lowest BCUT2D eigenvalue weighted by Gasteiger charge is -2.24. The highest BCUT2D eigenvalue weighted by molar-refractivity contribution is 5.91. The van der Waals surface area contributed by atoms with Gasteiger partial charge in [-0.2, -0.15) is 18.3 Å². The second kappa shape index (κ2) is 11.2. The standard InChI is InChI=1S/C32H33F4N5O2/c1-18(2)23-8-6-7-9-24(23)29-37-28-25(14-15-31(28,33)43)30(38-29)40(20(5)42)17-21-10-12-22(13-11-21)41-26(19(3)4)16-27(39-41)32(34,35)36/h6-13,16,18-19,43H,14-15,17H2,1-5H3. The first-order chi connectivity index (χ1) is 20.2. The lowest BCUT2D eigenvalue weighted by atomic mass is 9.96. The van der Waals surface area contributed by atoms with Gasteiger partial charge in [-0.3, -0.25) is 9.69 Å². The maximum Gasteiger partial charge on any atom is 0.435 e. The fourth-order valence-electron chi connectivity index (χ4n) is 5.39. The molecule has 7 nitrogen and oxygen atoms in total. The zero-order valence-electron chi connectivity index (χ0n) is 24.6. The fourth-order valence-corrected chi connectivity index (χ4v) is 5.39. The van der Waals surface area contributed by atoms with Crippen molar-refractivity contribution >= 4 is 11.7 Å². The maximum absolute atomic E-state index is 15.3. The number of aliphatic hydroxyl groups is 1. The van der Waals surface area contributed by atoms with Crippen LogP contribution in [0.5, 0.6) is 0 Å². The van der Waals surface area contributed by atoms with Crippen molar-refractivity contribution in [1.29, 1.82) is 0 Å². The summed E-state index contributed by atoms with van der Waals surface area (Å²) in [7, 11) is 0. The summed E-state index contributed by atoms with van der Waals surface area (Å²) in [5.41, 5.74) is 2.38. The molecule has 226 valence electrons. The molecule has 0 radical (unpaired) electrons. The first-order valence-corrected chi connectivity index (χ1v) is 14.1. The van der Waals surface area contributed by atoms with Gasteiger partial charge in [-0.1, -0.05) is 64.1 Å². The van der Waals surface area contributed by atoms with Crippen LogP contribution in [0.4, 0.5) is 23.4 Å². The van der Waals surface area contributed by atoms with Gasteiger partial charge in [0, 0.05) is 30.2 Å². The number of rotatable bonds is 7. The van der Waals surface area contributed by atoms with Crippen LogP contribution < -0.4 is 4.90 Å². The topological polar surface area (TPSA) is 84.1 Å². The number of carbonyl (C=O) groups is 1. The monoisotopic (exact) mass is 595 g/mol. The molecule has 2 aromatic carbocycles. The molecule has 11 heteroatoms. The number of halogens is 4. The van der Waals surface area contributed by atoms with Crippen LogP contribution in [0.2, 0.25) is 0 Å². The minimum absolute atomic E-state index is 0.0546. The first-order valence-electron chi connectivity index (χ1n) is 14.1. The lowest BCUT2D eigenvalue weighted by Crippen LogP contribution is -2.30. The van der Waals surface area contributed by atoms with Gasteiger partial charge in [0.2, 0.25) is 5.91 Å². The predicted octanol–water partition coefficient (Wildman–Crippen LogP) is 7.21. The highest BCUT2D eigenvalue weighted by Gasteiger charge is 2.42. The Morgan fingerprint density at radius 2 is 1.72 bits per heavy atom. The van der Waals surface area contributed by atoms with E-state index < -0.39 is 17.7 Å². The third-order valence-electron chi connectivity index (χ3n) is 7.65. The van der Waals surface area contributed by atoms with Crippen LogP contribution in [0, 0.1) is 0 Å². The van der Waals surface area contributed by atoms with E-state index in [2.05, 4.69) is 10.1 Å². The van der Waals surface area contributed by atoms with Gasteiger partial charge in [-0.15, -0.1) is 0 Å². The van der Waals surface area contributed by atoms with E-state index in [9.17, 15) is 23.1 Å². The summed E-state index contributed by atoms with van der Waals surface area (Å²) in [5, 5.41) is 14.3. The van der Waals surface area contributed by atoms with E-state index in [1.807, 2.05) is 38.1 Å². The van der Waals surface area contributed by atoms with Gasteiger partial charge in [0.1, 0.15) is 11.5 Å². The average Bonchev–Trinajstić information content (AvgIpc) is 3.53. The van der Waals surface area contributed by atoms with Crippen molar-refractivity contribution in [1.82, 2.24) is 19.7 Å². The summed E-state index contributed by atoms with van der Waals surface area (Å²) in [4.78, 5) is 23.6. The molecule has 1 aliphatic rings. The molecule has 0 fully saturated rings. The first kappa shape index (κ1) is 30.3.